The van der Waals surface area contributed by atoms with Gasteiger partial charge in [-0.1, -0.05) is 62.3 Å². The molecule has 0 saturated heterocycles. The third-order valence-electron chi connectivity index (χ3n) is 7.07. The van der Waals surface area contributed by atoms with Gasteiger partial charge in [-0.15, -0.1) is 0 Å². The van der Waals surface area contributed by atoms with Gasteiger partial charge in [0.15, 0.2) is 0 Å². The maximum absolute atomic E-state index is 6.74. The van der Waals surface area contributed by atoms with Gasteiger partial charge in [0.1, 0.15) is 0 Å². The van der Waals surface area contributed by atoms with Crippen molar-refractivity contribution in [3.63, 3.8) is 0 Å². The molecule has 0 saturated carbocycles. The molecule has 0 aliphatic carbocycles. The van der Waals surface area contributed by atoms with Crippen molar-refractivity contribution in [2.24, 2.45) is 0 Å². The van der Waals surface area contributed by atoms with Gasteiger partial charge in [-0.25, -0.2) is 0 Å². The molecular weight excluding hydrogens is 350 g/mol. The smallest absolute Gasteiger partial charge is 0.611 e. The van der Waals surface area contributed by atoms with Crippen LogP contribution >= 0.6 is 0 Å². The predicted octanol–water partition coefficient (Wildman–Crippen LogP) is 3.66. The van der Waals surface area contributed by atoms with E-state index in [0.29, 0.717) is 0 Å². The molecule has 0 aliphatic heterocycles. The first kappa shape index (κ1) is 29.6. The number of hydrogen-bond donors (Lipinski definition) is 0. The van der Waals surface area contributed by atoms with Gasteiger partial charge in [0.25, 0.3) is 0 Å². The van der Waals surface area contributed by atoms with Crippen LogP contribution in [-0.4, -0.2) is 32.0 Å². The van der Waals surface area contributed by atoms with Crippen molar-refractivity contribution in [2.75, 3.05) is 0 Å². The van der Waals surface area contributed by atoms with Gasteiger partial charge in [-0.3, -0.25) is 0 Å². The Labute approximate surface area is 192 Å². The Hall–Kier alpha value is 1.41. The van der Waals surface area contributed by atoms with E-state index in [-0.39, 0.29) is 46.4 Å². The zero-order chi connectivity index (χ0) is 19.6. The summed E-state index contributed by atoms with van der Waals surface area (Å²) in [5.41, 5.74) is -0.287. The molecule has 26 heavy (non-hydrogen) atoms. The van der Waals surface area contributed by atoms with Crippen LogP contribution in [0.5, 0.6) is 0 Å². The summed E-state index contributed by atoms with van der Waals surface area (Å²) in [5.74, 6) is 0. The van der Waals surface area contributed by atoms with Crippen LogP contribution in [0.15, 0.2) is 0 Å². The van der Waals surface area contributed by atoms with E-state index in [1.807, 2.05) is 0 Å². The summed E-state index contributed by atoms with van der Waals surface area (Å²) in [6.45, 7) is 20.0. The number of rotatable bonds is 15. The van der Waals surface area contributed by atoms with E-state index in [1.165, 1.54) is 0 Å². The topological polar surface area (TPSA) is 27.7 Å². The molecule has 0 aromatic rings. The zero-order valence-corrected chi connectivity index (χ0v) is 23.2. The van der Waals surface area contributed by atoms with E-state index in [9.17, 15) is 0 Å². The fourth-order valence-electron chi connectivity index (χ4n) is 4.01. The normalized spacial score (nSPS) is 13.2. The summed E-state index contributed by atoms with van der Waals surface area (Å²) >= 11 is -2.71. The summed E-state index contributed by atoms with van der Waals surface area (Å²) in [7, 11) is 0. The zero-order valence-electron chi connectivity index (χ0n) is 19.8. The van der Waals surface area contributed by atoms with Crippen LogP contribution in [0.3, 0.4) is 0 Å². The SMILES string of the molecule is CCC(CC)(CC)[O][AlH-]([O]C(CC)(CC)CC)[O]C(CC)(CC)CC.[Na+]. The van der Waals surface area contributed by atoms with Crippen molar-refractivity contribution in [1.82, 2.24) is 0 Å². The van der Waals surface area contributed by atoms with Gasteiger partial charge >= 0.3 is 44.7 Å². The van der Waals surface area contributed by atoms with Crippen molar-refractivity contribution in [3.8, 4) is 0 Å². The molecule has 0 fully saturated rings. The molecule has 0 unspecified atom stereocenters. The second kappa shape index (κ2) is 14.4. The van der Waals surface area contributed by atoms with E-state index in [1.54, 1.807) is 0 Å². The summed E-state index contributed by atoms with van der Waals surface area (Å²) in [4.78, 5) is 0. The Morgan fingerprint density at radius 1 is 0.423 bits per heavy atom. The van der Waals surface area contributed by atoms with Crippen molar-refractivity contribution >= 4 is 15.1 Å². The van der Waals surface area contributed by atoms with Crippen molar-refractivity contribution in [3.05, 3.63) is 0 Å². The quantitative estimate of drug-likeness (QED) is 0.395. The molecule has 0 aromatic heterocycles. The largest absolute Gasteiger partial charge is 1.00 e. The first-order valence-electron chi connectivity index (χ1n) is 11.0. The minimum atomic E-state index is -2.71. The fourth-order valence-corrected chi connectivity index (χ4v) is 7.52. The molecular formula is C21H46AlNaO3. The van der Waals surface area contributed by atoms with Gasteiger partial charge in [0, 0.05) is 16.8 Å². The minimum absolute atomic E-state index is 0. The molecule has 3 nitrogen and oxygen atoms in total. The molecule has 0 radical (unpaired) electrons. The van der Waals surface area contributed by atoms with Crippen LogP contribution in [0.4, 0.5) is 0 Å². The summed E-state index contributed by atoms with van der Waals surface area (Å²) in [5, 5.41) is 0. The number of hydrogen-bond acceptors (Lipinski definition) is 3. The average Bonchev–Trinajstić information content (AvgIpc) is 2.68. The Morgan fingerprint density at radius 3 is 0.692 bits per heavy atom. The third kappa shape index (κ3) is 8.04. The molecule has 0 N–H and O–H groups in total. The molecule has 0 spiro atoms. The van der Waals surface area contributed by atoms with Crippen LogP contribution < -0.4 is 29.6 Å². The van der Waals surface area contributed by atoms with Crippen LogP contribution in [0, 0.1) is 0 Å². The second-order valence-electron chi connectivity index (χ2n) is 7.52. The van der Waals surface area contributed by atoms with E-state index in [0.717, 1.165) is 57.8 Å². The first-order chi connectivity index (χ1) is 11.8. The Balaban J connectivity index is 0. The maximum atomic E-state index is 6.74. The Kier molecular flexibility index (Phi) is 16.4. The molecule has 0 aliphatic rings. The fraction of sp³-hybridized carbons (Fsp3) is 1.00. The Bertz CT molecular complexity index is 263. The standard InChI is InChI=1S/3C7H15O.Al.Na.H/c3*1-4-7(8,5-2)6-3;;;/h3*4-6H2,1-3H3;;;/q3*-1;+2;+1;. The molecule has 0 heterocycles. The van der Waals surface area contributed by atoms with Crippen LogP contribution in [-0.2, 0) is 11.4 Å². The first-order valence-corrected chi connectivity index (χ1v) is 12.8. The molecule has 0 bridgehead atoms. The van der Waals surface area contributed by atoms with Gasteiger partial charge in [-0.2, -0.15) is 0 Å². The van der Waals surface area contributed by atoms with Gasteiger partial charge < -0.3 is 11.4 Å². The maximum Gasteiger partial charge on any atom is 1.00 e. The molecule has 152 valence electrons. The summed E-state index contributed by atoms with van der Waals surface area (Å²) in [6, 6.07) is 0. The van der Waals surface area contributed by atoms with Crippen molar-refractivity contribution in [1.29, 1.82) is 0 Å². The monoisotopic (exact) mass is 396 g/mol. The second-order valence-corrected chi connectivity index (χ2v) is 9.09. The molecule has 0 atom stereocenters. The van der Waals surface area contributed by atoms with Gasteiger partial charge in [0.05, 0.1) is 0 Å². The molecule has 0 aromatic carbocycles. The molecule has 5 heteroatoms. The van der Waals surface area contributed by atoms with Crippen molar-refractivity contribution in [2.45, 2.75) is 137 Å². The van der Waals surface area contributed by atoms with E-state index < -0.39 is 15.1 Å². The van der Waals surface area contributed by atoms with Crippen LogP contribution in [0.1, 0.15) is 120 Å². The molecule has 0 rings (SSSR count). The third-order valence-corrected chi connectivity index (χ3v) is 9.62. The van der Waals surface area contributed by atoms with E-state index >= 15 is 0 Å². The van der Waals surface area contributed by atoms with E-state index in [4.69, 9.17) is 11.4 Å². The summed E-state index contributed by atoms with van der Waals surface area (Å²) < 4.78 is 20.2. The van der Waals surface area contributed by atoms with Crippen LogP contribution in [0.25, 0.3) is 0 Å². The average molecular weight is 397 g/mol. The minimum Gasteiger partial charge on any atom is -0.611 e. The Morgan fingerprint density at radius 2 is 0.577 bits per heavy atom. The van der Waals surface area contributed by atoms with Crippen LogP contribution in [0.2, 0.25) is 0 Å². The summed E-state index contributed by atoms with van der Waals surface area (Å²) in [6.07, 6.45) is 9.13. The van der Waals surface area contributed by atoms with E-state index in [2.05, 4.69) is 62.3 Å². The van der Waals surface area contributed by atoms with Gasteiger partial charge in [-0.05, 0) is 57.8 Å². The van der Waals surface area contributed by atoms with Crippen molar-refractivity contribution < 1.29 is 40.9 Å². The van der Waals surface area contributed by atoms with Gasteiger partial charge in [0.2, 0.25) is 0 Å². The molecule has 0 amide bonds. The predicted molar refractivity (Wildman–Crippen MR) is 111 cm³/mol.